The van der Waals surface area contributed by atoms with Gasteiger partial charge in [-0.1, -0.05) is 24.3 Å². The van der Waals surface area contributed by atoms with Crippen LogP contribution >= 0.6 is 0 Å². The van der Waals surface area contributed by atoms with E-state index in [1.807, 2.05) is 12.4 Å². The van der Waals surface area contributed by atoms with Crippen LogP contribution in [0.4, 0.5) is 5.69 Å². The number of rotatable bonds is 2. The van der Waals surface area contributed by atoms with E-state index in [1.165, 1.54) is 22.5 Å². The number of allylic oxidation sites excluding steroid dienone is 2. The molecule has 1 aromatic heterocycles. The number of hydrogen-bond acceptors (Lipinski definition) is 2. The molecule has 2 heteroatoms. The molecule has 0 radical (unpaired) electrons. The lowest BCUT2D eigenvalue weighted by atomic mass is 10.0. The molecule has 0 saturated carbocycles. The predicted octanol–water partition coefficient (Wildman–Crippen LogP) is 3.55. The second-order valence-corrected chi connectivity index (χ2v) is 4.62. The van der Waals surface area contributed by atoms with Crippen molar-refractivity contribution in [1.29, 1.82) is 0 Å². The lowest BCUT2D eigenvalue weighted by Crippen LogP contribution is -2.24. The van der Waals surface area contributed by atoms with Gasteiger partial charge in [-0.15, -0.1) is 0 Å². The first-order valence-corrected chi connectivity index (χ1v) is 6.26. The first-order chi connectivity index (χ1) is 8.84. The maximum absolute atomic E-state index is 4.07. The van der Waals surface area contributed by atoms with Crippen LogP contribution < -0.4 is 4.90 Å². The molecular weight excluding hydrogens is 220 g/mol. The summed E-state index contributed by atoms with van der Waals surface area (Å²) in [6.45, 7) is 3.08. The Labute approximate surface area is 108 Å². The number of anilines is 1. The van der Waals surface area contributed by atoms with Crippen LogP contribution in [0.3, 0.4) is 0 Å². The molecule has 0 bridgehead atoms. The zero-order valence-electron chi connectivity index (χ0n) is 10.5. The quantitative estimate of drug-likeness (QED) is 0.792. The Morgan fingerprint density at radius 3 is 2.72 bits per heavy atom. The first-order valence-electron chi connectivity index (χ1n) is 6.26. The standard InChI is InChI=1S/C16H16N2/c1-13-6-7-15-4-2-3-5-16(15)18(13)12-14-8-10-17-11-9-14/h2-6,8-11H,7,12H2,1H3. The van der Waals surface area contributed by atoms with Gasteiger partial charge in [-0.05, 0) is 42.7 Å². The summed E-state index contributed by atoms with van der Waals surface area (Å²) in [5.41, 5.74) is 5.34. The fourth-order valence-corrected chi connectivity index (χ4v) is 2.39. The van der Waals surface area contributed by atoms with Crippen LogP contribution in [-0.4, -0.2) is 4.98 Å². The third kappa shape index (κ3) is 2.02. The smallest absolute Gasteiger partial charge is 0.0479 e. The van der Waals surface area contributed by atoms with Gasteiger partial charge < -0.3 is 4.90 Å². The van der Waals surface area contributed by atoms with Crippen molar-refractivity contribution in [1.82, 2.24) is 4.98 Å². The van der Waals surface area contributed by atoms with E-state index in [4.69, 9.17) is 0 Å². The molecule has 1 aliphatic heterocycles. The zero-order chi connectivity index (χ0) is 12.4. The van der Waals surface area contributed by atoms with E-state index in [-0.39, 0.29) is 0 Å². The normalized spacial score (nSPS) is 14.1. The van der Waals surface area contributed by atoms with E-state index < -0.39 is 0 Å². The van der Waals surface area contributed by atoms with Crippen molar-refractivity contribution in [3.63, 3.8) is 0 Å². The van der Waals surface area contributed by atoms with Crippen molar-refractivity contribution in [2.24, 2.45) is 0 Å². The highest BCUT2D eigenvalue weighted by molar-refractivity contribution is 5.61. The highest BCUT2D eigenvalue weighted by atomic mass is 15.1. The van der Waals surface area contributed by atoms with Crippen molar-refractivity contribution in [2.75, 3.05) is 4.90 Å². The second kappa shape index (κ2) is 4.65. The Morgan fingerprint density at radius 2 is 1.89 bits per heavy atom. The van der Waals surface area contributed by atoms with Gasteiger partial charge in [-0.25, -0.2) is 0 Å². The molecule has 0 spiro atoms. The summed E-state index contributed by atoms with van der Waals surface area (Å²) in [7, 11) is 0. The summed E-state index contributed by atoms with van der Waals surface area (Å²) in [4.78, 5) is 6.44. The molecule has 0 amide bonds. The molecule has 1 aliphatic rings. The van der Waals surface area contributed by atoms with Crippen LogP contribution in [-0.2, 0) is 13.0 Å². The number of para-hydroxylation sites is 1. The van der Waals surface area contributed by atoms with E-state index >= 15 is 0 Å². The van der Waals surface area contributed by atoms with Gasteiger partial charge in [0.1, 0.15) is 0 Å². The van der Waals surface area contributed by atoms with E-state index in [2.05, 4.69) is 59.3 Å². The second-order valence-electron chi connectivity index (χ2n) is 4.62. The van der Waals surface area contributed by atoms with Gasteiger partial charge in [0.05, 0.1) is 0 Å². The number of pyridine rings is 1. The monoisotopic (exact) mass is 236 g/mol. The largest absolute Gasteiger partial charge is 0.341 e. The summed E-state index contributed by atoms with van der Waals surface area (Å²) < 4.78 is 0. The Hall–Kier alpha value is -2.09. The molecule has 18 heavy (non-hydrogen) atoms. The van der Waals surface area contributed by atoms with Crippen molar-refractivity contribution in [2.45, 2.75) is 19.9 Å². The molecule has 3 rings (SSSR count). The van der Waals surface area contributed by atoms with Gasteiger partial charge in [0.2, 0.25) is 0 Å². The zero-order valence-corrected chi connectivity index (χ0v) is 10.5. The minimum Gasteiger partial charge on any atom is -0.341 e. The number of aromatic nitrogens is 1. The van der Waals surface area contributed by atoms with E-state index in [0.29, 0.717) is 0 Å². The van der Waals surface area contributed by atoms with Crippen LogP contribution in [0.2, 0.25) is 0 Å². The van der Waals surface area contributed by atoms with Gasteiger partial charge in [-0.2, -0.15) is 0 Å². The van der Waals surface area contributed by atoms with Crippen LogP contribution in [0.5, 0.6) is 0 Å². The fourth-order valence-electron chi connectivity index (χ4n) is 2.39. The molecule has 2 heterocycles. The molecule has 2 aromatic rings. The average Bonchev–Trinajstić information content (AvgIpc) is 2.43. The lowest BCUT2D eigenvalue weighted by Gasteiger charge is -2.31. The van der Waals surface area contributed by atoms with Crippen molar-refractivity contribution in [3.05, 3.63) is 71.7 Å². The summed E-state index contributed by atoms with van der Waals surface area (Å²) in [6.07, 6.45) is 7.03. The van der Waals surface area contributed by atoms with Crippen molar-refractivity contribution >= 4 is 5.69 Å². The van der Waals surface area contributed by atoms with Crippen molar-refractivity contribution < 1.29 is 0 Å². The van der Waals surface area contributed by atoms with Gasteiger partial charge in [0, 0.05) is 30.3 Å². The van der Waals surface area contributed by atoms with Gasteiger partial charge in [0.25, 0.3) is 0 Å². The fraction of sp³-hybridized carbons (Fsp3) is 0.188. The summed E-state index contributed by atoms with van der Waals surface area (Å²) in [5.74, 6) is 0. The average molecular weight is 236 g/mol. The molecule has 0 aliphatic carbocycles. The Bertz CT molecular complexity index is 573. The van der Waals surface area contributed by atoms with E-state index in [9.17, 15) is 0 Å². The van der Waals surface area contributed by atoms with E-state index in [0.717, 1.165) is 13.0 Å². The summed E-state index contributed by atoms with van der Waals surface area (Å²) >= 11 is 0. The van der Waals surface area contributed by atoms with Gasteiger partial charge in [-0.3, -0.25) is 4.98 Å². The van der Waals surface area contributed by atoms with Crippen LogP contribution in [0.15, 0.2) is 60.6 Å². The molecule has 0 saturated heterocycles. The maximum atomic E-state index is 4.07. The Kier molecular flexibility index (Phi) is 2.85. The highest BCUT2D eigenvalue weighted by Crippen LogP contribution is 2.30. The molecule has 0 atom stereocenters. The lowest BCUT2D eigenvalue weighted by molar-refractivity contribution is 0.875. The predicted molar refractivity (Wildman–Crippen MR) is 74.3 cm³/mol. The summed E-state index contributed by atoms with van der Waals surface area (Å²) in [6, 6.07) is 12.8. The van der Waals surface area contributed by atoms with Crippen molar-refractivity contribution in [3.8, 4) is 0 Å². The molecule has 0 unspecified atom stereocenters. The topological polar surface area (TPSA) is 16.1 Å². The molecule has 0 N–H and O–H groups in total. The minimum atomic E-state index is 0.905. The Morgan fingerprint density at radius 1 is 1.11 bits per heavy atom. The molecule has 2 nitrogen and oxygen atoms in total. The molecule has 1 aromatic carbocycles. The van der Waals surface area contributed by atoms with Gasteiger partial charge in [0.15, 0.2) is 0 Å². The summed E-state index contributed by atoms with van der Waals surface area (Å²) in [5, 5.41) is 0. The number of fused-ring (bicyclic) bond motifs is 1. The highest BCUT2D eigenvalue weighted by Gasteiger charge is 2.16. The SMILES string of the molecule is CC1=CCc2ccccc2N1Cc1ccncc1. The molecule has 90 valence electrons. The third-order valence-corrected chi connectivity index (χ3v) is 3.42. The molecule has 0 fully saturated rings. The number of nitrogens with zero attached hydrogens (tertiary/aromatic N) is 2. The van der Waals surface area contributed by atoms with Crippen LogP contribution in [0.1, 0.15) is 18.1 Å². The van der Waals surface area contributed by atoms with Crippen LogP contribution in [0.25, 0.3) is 0 Å². The maximum Gasteiger partial charge on any atom is 0.0479 e. The number of hydrogen-bond donors (Lipinski definition) is 0. The number of benzene rings is 1. The third-order valence-electron chi connectivity index (χ3n) is 3.42. The van der Waals surface area contributed by atoms with Crippen LogP contribution in [0, 0.1) is 0 Å². The van der Waals surface area contributed by atoms with E-state index in [1.54, 1.807) is 0 Å². The van der Waals surface area contributed by atoms with Gasteiger partial charge >= 0.3 is 0 Å². The Balaban J connectivity index is 1.95. The first kappa shape index (κ1) is 11.0. The minimum absolute atomic E-state index is 0.905. The molecular formula is C16H16N2.